The van der Waals surface area contributed by atoms with E-state index >= 15 is 0 Å². The highest BCUT2D eigenvalue weighted by molar-refractivity contribution is 7.84. The van der Waals surface area contributed by atoms with Gasteiger partial charge in [-0.2, -0.15) is 0 Å². The minimum atomic E-state index is -0.691. The predicted molar refractivity (Wildman–Crippen MR) is 82.6 cm³/mol. The highest BCUT2D eigenvalue weighted by atomic mass is 35.5. The van der Waals surface area contributed by atoms with E-state index in [0.29, 0.717) is 16.0 Å². The zero-order valence-corrected chi connectivity index (χ0v) is 13.2. The van der Waals surface area contributed by atoms with E-state index in [0.717, 1.165) is 32.1 Å². The summed E-state index contributed by atoms with van der Waals surface area (Å²) in [6.07, 6.45) is 1.74. The van der Waals surface area contributed by atoms with Gasteiger partial charge in [-0.25, -0.2) is 0 Å². The second-order valence-electron chi connectivity index (χ2n) is 4.30. The summed E-state index contributed by atoms with van der Waals surface area (Å²) >= 11 is 11.2. The van der Waals surface area contributed by atoms with E-state index in [-0.39, 0.29) is 0 Å². The van der Waals surface area contributed by atoms with Gasteiger partial charge in [-0.15, -0.1) is 0 Å². The van der Waals surface area contributed by atoms with Crippen molar-refractivity contribution >= 4 is 34.0 Å². The van der Waals surface area contributed by atoms with Crippen molar-refractivity contribution < 1.29 is 8.95 Å². The van der Waals surface area contributed by atoms with Crippen LogP contribution in [0.2, 0.25) is 10.0 Å². The van der Waals surface area contributed by atoms with Gasteiger partial charge >= 0.3 is 0 Å². The van der Waals surface area contributed by atoms with Gasteiger partial charge in [-0.05, 0) is 12.1 Å². The summed E-state index contributed by atoms with van der Waals surface area (Å²) < 4.78 is 16.2. The Hall–Kier alpha value is -0.130. The number of hydrogen-bond acceptors (Lipinski definition) is 3. The van der Waals surface area contributed by atoms with Crippen LogP contribution in [-0.4, -0.2) is 42.5 Å². The number of nitrogens with one attached hydrogen (secondary N) is 1. The largest absolute Gasteiger partial charge is 0.380 e. The van der Waals surface area contributed by atoms with Crippen molar-refractivity contribution in [2.24, 2.45) is 5.92 Å². The van der Waals surface area contributed by atoms with E-state index in [2.05, 4.69) is 5.32 Å². The minimum Gasteiger partial charge on any atom is -0.380 e. The zero-order chi connectivity index (χ0) is 14.1. The average Bonchev–Trinajstić information content (AvgIpc) is 2.62. The Labute approximate surface area is 127 Å². The van der Waals surface area contributed by atoms with Crippen molar-refractivity contribution in [2.45, 2.75) is 0 Å². The first kappa shape index (κ1) is 16.9. The fraction of sp³-hybridized carbons (Fsp3) is 0.538. The molecule has 1 aliphatic heterocycles. The van der Waals surface area contributed by atoms with E-state index < -0.39 is 10.8 Å². The number of hydrogen-bond donors (Lipinski definition) is 1. The van der Waals surface area contributed by atoms with Gasteiger partial charge in [-0.1, -0.05) is 35.3 Å². The molecule has 2 rings (SSSR count). The highest BCUT2D eigenvalue weighted by Crippen LogP contribution is 2.19. The molecule has 6 heteroatoms. The molecular formula is C13H19Cl2NO2S. The summed E-state index contributed by atoms with van der Waals surface area (Å²) in [5, 5.41) is 4.45. The molecule has 19 heavy (non-hydrogen) atoms. The third-order valence-electron chi connectivity index (χ3n) is 2.50. The molecule has 1 heterocycles. The molecule has 2 atom stereocenters. The van der Waals surface area contributed by atoms with Crippen LogP contribution < -0.4 is 5.32 Å². The van der Waals surface area contributed by atoms with Crippen molar-refractivity contribution in [2.75, 3.05) is 38.3 Å². The van der Waals surface area contributed by atoms with Gasteiger partial charge in [0.1, 0.15) is 0 Å². The molecule has 0 amide bonds. The first-order chi connectivity index (χ1) is 9.09. The van der Waals surface area contributed by atoms with Crippen LogP contribution in [0.4, 0.5) is 0 Å². The average molecular weight is 324 g/mol. The minimum absolute atomic E-state index is 0.434. The molecule has 2 unspecified atom stereocenters. The smallest absolute Gasteiger partial charge is 0.0592 e. The van der Waals surface area contributed by atoms with E-state index in [1.807, 2.05) is 12.1 Å². The third kappa shape index (κ3) is 7.90. The fourth-order valence-electron chi connectivity index (χ4n) is 1.64. The van der Waals surface area contributed by atoms with Gasteiger partial charge in [0.05, 0.1) is 23.3 Å². The molecule has 1 aliphatic rings. The second-order valence-corrected chi connectivity index (χ2v) is 6.59. The first-order valence-electron chi connectivity index (χ1n) is 6.08. The Morgan fingerprint density at radius 2 is 2.00 bits per heavy atom. The Bertz CT molecular complexity index is 375. The van der Waals surface area contributed by atoms with Crippen LogP contribution in [0.25, 0.3) is 0 Å². The number of halogens is 2. The summed E-state index contributed by atoms with van der Waals surface area (Å²) in [6.45, 7) is 3.41. The number of rotatable bonds is 2. The van der Waals surface area contributed by atoms with Crippen LogP contribution >= 0.6 is 23.2 Å². The number of ether oxygens (including phenoxy) is 1. The zero-order valence-electron chi connectivity index (χ0n) is 10.9. The van der Waals surface area contributed by atoms with E-state index in [9.17, 15) is 4.21 Å². The summed E-state index contributed by atoms with van der Waals surface area (Å²) in [5.41, 5.74) is 0. The van der Waals surface area contributed by atoms with Gasteiger partial charge in [-0.3, -0.25) is 4.21 Å². The Morgan fingerprint density at radius 1 is 1.37 bits per heavy atom. The summed E-state index contributed by atoms with van der Waals surface area (Å²) in [4.78, 5) is 0. The Kier molecular flexibility index (Phi) is 8.66. The maximum atomic E-state index is 10.9. The number of benzene rings is 1. The SMILES string of the molecule is CS(=O)CC1CNCCOC1.Clc1ccccc1Cl. The lowest BCUT2D eigenvalue weighted by atomic mass is 10.2. The lowest BCUT2D eigenvalue weighted by Gasteiger charge is -2.10. The molecule has 1 fully saturated rings. The third-order valence-corrected chi connectivity index (χ3v) is 4.20. The van der Waals surface area contributed by atoms with E-state index in [1.54, 1.807) is 18.4 Å². The van der Waals surface area contributed by atoms with Crippen LogP contribution in [0, 0.1) is 5.92 Å². The van der Waals surface area contributed by atoms with Gasteiger partial charge in [0.2, 0.25) is 0 Å². The molecule has 0 spiro atoms. The summed E-state index contributed by atoms with van der Waals surface area (Å²) in [7, 11) is -0.691. The van der Waals surface area contributed by atoms with Crippen LogP contribution in [-0.2, 0) is 15.5 Å². The van der Waals surface area contributed by atoms with Crippen LogP contribution in [0.5, 0.6) is 0 Å². The Balaban J connectivity index is 0.000000200. The molecule has 0 radical (unpaired) electrons. The van der Waals surface area contributed by atoms with Crippen molar-refractivity contribution in [3.05, 3.63) is 34.3 Å². The van der Waals surface area contributed by atoms with Crippen LogP contribution in [0.1, 0.15) is 0 Å². The predicted octanol–water partition coefficient (Wildman–Crippen LogP) is 2.59. The molecule has 1 aromatic rings. The second kappa shape index (κ2) is 9.72. The molecule has 3 nitrogen and oxygen atoms in total. The standard InChI is InChI=1S/C7H15NO2S.C6H4Cl2/c1-11(9)6-7-4-8-2-3-10-5-7;7-5-3-1-2-4-6(5)8/h7-8H,2-6H2,1H3;1-4H. The first-order valence-corrected chi connectivity index (χ1v) is 8.56. The summed E-state index contributed by atoms with van der Waals surface area (Å²) in [5.74, 6) is 1.19. The molecular weight excluding hydrogens is 305 g/mol. The van der Waals surface area contributed by atoms with Gasteiger partial charge in [0.25, 0.3) is 0 Å². The molecule has 1 saturated heterocycles. The van der Waals surface area contributed by atoms with Crippen LogP contribution in [0.3, 0.4) is 0 Å². The van der Waals surface area contributed by atoms with Crippen molar-refractivity contribution in [3.8, 4) is 0 Å². The molecule has 0 saturated carbocycles. The van der Waals surface area contributed by atoms with E-state index in [4.69, 9.17) is 27.9 Å². The van der Waals surface area contributed by atoms with Crippen molar-refractivity contribution in [1.29, 1.82) is 0 Å². The van der Waals surface area contributed by atoms with Gasteiger partial charge in [0.15, 0.2) is 0 Å². The molecule has 108 valence electrons. The maximum absolute atomic E-state index is 10.9. The summed E-state index contributed by atoms with van der Waals surface area (Å²) in [6, 6.07) is 7.19. The molecule has 1 aromatic carbocycles. The monoisotopic (exact) mass is 323 g/mol. The molecule has 0 aromatic heterocycles. The lowest BCUT2D eigenvalue weighted by Crippen LogP contribution is -2.26. The van der Waals surface area contributed by atoms with Gasteiger partial charge < -0.3 is 10.1 Å². The van der Waals surface area contributed by atoms with Crippen LogP contribution in [0.15, 0.2) is 24.3 Å². The normalized spacial score (nSPS) is 20.9. The van der Waals surface area contributed by atoms with Gasteiger partial charge in [0, 0.05) is 41.8 Å². The lowest BCUT2D eigenvalue weighted by molar-refractivity contribution is 0.129. The van der Waals surface area contributed by atoms with Crippen molar-refractivity contribution in [1.82, 2.24) is 5.32 Å². The fourth-order valence-corrected chi connectivity index (χ4v) is 2.79. The quantitative estimate of drug-likeness (QED) is 0.909. The Morgan fingerprint density at radius 3 is 2.53 bits per heavy atom. The van der Waals surface area contributed by atoms with E-state index in [1.165, 1.54) is 0 Å². The van der Waals surface area contributed by atoms with Crippen molar-refractivity contribution in [3.63, 3.8) is 0 Å². The highest BCUT2D eigenvalue weighted by Gasteiger charge is 2.12. The maximum Gasteiger partial charge on any atom is 0.0592 e. The molecule has 0 aliphatic carbocycles. The topological polar surface area (TPSA) is 38.3 Å². The molecule has 1 N–H and O–H groups in total. The molecule has 0 bridgehead atoms.